The van der Waals surface area contributed by atoms with Gasteiger partial charge in [-0.1, -0.05) is 0 Å². The van der Waals surface area contributed by atoms with Gasteiger partial charge in [0.25, 0.3) is 0 Å². The van der Waals surface area contributed by atoms with Gasteiger partial charge in [-0.15, -0.1) is 0 Å². The van der Waals surface area contributed by atoms with Crippen molar-refractivity contribution in [2.24, 2.45) is 0 Å². The van der Waals surface area contributed by atoms with Gasteiger partial charge in [-0.05, 0) is 27.2 Å². The molecule has 0 unspecified atom stereocenters. The SMILES string of the molecule is COC(=O)N1CCCN([C@@H](C)C(=O)NC(C)C)CC1. The van der Waals surface area contributed by atoms with E-state index in [1.165, 1.54) is 7.11 Å². The number of nitrogens with zero attached hydrogens (tertiary/aromatic N) is 2. The molecule has 0 spiro atoms. The van der Waals surface area contributed by atoms with Crippen LogP contribution in [0.25, 0.3) is 0 Å². The monoisotopic (exact) mass is 271 g/mol. The molecule has 0 aliphatic carbocycles. The number of nitrogens with one attached hydrogen (secondary N) is 1. The summed E-state index contributed by atoms with van der Waals surface area (Å²) >= 11 is 0. The highest BCUT2D eigenvalue weighted by molar-refractivity contribution is 5.81. The Morgan fingerprint density at radius 3 is 2.37 bits per heavy atom. The first-order chi connectivity index (χ1) is 8.95. The summed E-state index contributed by atoms with van der Waals surface area (Å²) in [6.45, 7) is 8.61. The van der Waals surface area contributed by atoms with Crippen LogP contribution in [0.3, 0.4) is 0 Å². The minimum absolute atomic E-state index is 0.0431. The van der Waals surface area contributed by atoms with E-state index in [-0.39, 0.29) is 24.1 Å². The van der Waals surface area contributed by atoms with Crippen molar-refractivity contribution in [3.63, 3.8) is 0 Å². The summed E-state index contributed by atoms with van der Waals surface area (Å²) in [5.41, 5.74) is 0. The molecular weight excluding hydrogens is 246 g/mol. The number of methoxy groups -OCH3 is 1. The van der Waals surface area contributed by atoms with E-state index in [9.17, 15) is 9.59 Å². The van der Waals surface area contributed by atoms with E-state index in [1.807, 2.05) is 20.8 Å². The van der Waals surface area contributed by atoms with Crippen molar-refractivity contribution < 1.29 is 14.3 Å². The Bertz CT molecular complexity index is 320. The highest BCUT2D eigenvalue weighted by Gasteiger charge is 2.25. The predicted octanol–water partition coefficient (Wildman–Crippen LogP) is 0.674. The van der Waals surface area contributed by atoms with Crippen molar-refractivity contribution in [2.75, 3.05) is 33.3 Å². The third-order valence-corrected chi connectivity index (χ3v) is 3.32. The third kappa shape index (κ3) is 4.70. The van der Waals surface area contributed by atoms with E-state index in [1.54, 1.807) is 4.90 Å². The number of hydrogen-bond donors (Lipinski definition) is 1. The van der Waals surface area contributed by atoms with Gasteiger partial charge in [0.2, 0.25) is 5.91 Å². The van der Waals surface area contributed by atoms with Crippen molar-refractivity contribution in [1.82, 2.24) is 15.1 Å². The van der Waals surface area contributed by atoms with Gasteiger partial charge < -0.3 is 15.0 Å². The molecule has 19 heavy (non-hydrogen) atoms. The van der Waals surface area contributed by atoms with Crippen molar-refractivity contribution in [3.8, 4) is 0 Å². The molecule has 110 valence electrons. The number of ether oxygens (including phenoxy) is 1. The van der Waals surface area contributed by atoms with E-state index < -0.39 is 0 Å². The molecule has 0 aromatic rings. The van der Waals surface area contributed by atoms with Crippen LogP contribution in [0.15, 0.2) is 0 Å². The van der Waals surface area contributed by atoms with Gasteiger partial charge in [-0.2, -0.15) is 0 Å². The van der Waals surface area contributed by atoms with Gasteiger partial charge in [0.05, 0.1) is 13.2 Å². The molecule has 1 aliphatic rings. The van der Waals surface area contributed by atoms with Crippen LogP contribution in [0.4, 0.5) is 4.79 Å². The van der Waals surface area contributed by atoms with Crippen LogP contribution < -0.4 is 5.32 Å². The van der Waals surface area contributed by atoms with Gasteiger partial charge in [0.15, 0.2) is 0 Å². The second kappa shape index (κ2) is 7.33. The topological polar surface area (TPSA) is 61.9 Å². The second-order valence-electron chi connectivity index (χ2n) is 5.19. The van der Waals surface area contributed by atoms with Crippen LogP contribution in [-0.4, -0.2) is 67.2 Å². The fourth-order valence-corrected chi connectivity index (χ4v) is 2.21. The number of hydrogen-bond acceptors (Lipinski definition) is 4. The predicted molar refractivity (Wildman–Crippen MR) is 72.9 cm³/mol. The zero-order chi connectivity index (χ0) is 14.4. The average molecular weight is 271 g/mol. The minimum Gasteiger partial charge on any atom is -0.453 e. The Hall–Kier alpha value is -1.30. The maximum atomic E-state index is 12.0. The molecule has 1 fully saturated rings. The second-order valence-corrected chi connectivity index (χ2v) is 5.19. The Labute approximate surface area is 115 Å². The van der Waals surface area contributed by atoms with E-state index in [4.69, 9.17) is 4.74 Å². The lowest BCUT2D eigenvalue weighted by atomic mass is 10.2. The van der Waals surface area contributed by atoms with Crippen molar-refractivity contribution in [3.05, 3.63) is 0 Å². The summed E-state index contributed by atoms with van der Waals surface area (Å²) in [5, 5.41) is 2.92. The van der Waals surface area contributed by atoms with Gasteiger partial charge in [-0.3, -0.25) is 9.69 Å². The highest BCUT2D eigenvalue weighted by atomic mass is 16.5. The molecule has 6 nitrogen and oxygen atoms in total. The standard InChI is InChI=1S/C13H25N3O3/c1-10(2)14-12(17)11(3)15-6-5-7-16(9-8-15)13(18)19-4/h10-11H,5-9H2,1-4H3,(H,14,17)/t11-/m0/s1. The molecule has 1 atom stereocenters. The first-order valence-corrected chi connectivity index (χ1v) is 6.83. The van der Waals surface area contributed by atoms with Crippen LogP contribution in [-0.2, 0) is 9.53 Å². The van der Waals surface area contributed by atoms with Crippen LogP contribution in [0.2, 0.25) is 0 Å². The van der Waals surface area contributed by atoms with Crippen molar-refractivity contribution in [2.45, 2.75) is 39.3 Å². The van der Waals surface area contributed by atoms with Gasteiger partial charge in [0.1, 0.15) is 0 Å². The molecule has 0 saturated carbocycles. The van der Waals surface area contributed by atoms with Crippen LogP contribution in [0.5, 0.6) is 0 Å². The molecule has 0 bridgehead atoms. The Morgan fingerprint density at radius 1 is 1.11 bits per heavy atom. The molecule has 1 N–H and O–H groups in total. The number of amides is 2. The Balaban J connectivity index is 2.52. The summed E-state index contributed by atoms with van der Waals surface area (Å²) in [4.78, 5) is 27.3. The smallest absolute Gasteiger partial charge is 0.409 e. The summed E-state index contributed by atoms with van der Waals surface area (Å²) < 4.78 is 4.73. The molecule has 6 heteroatoms. The Morgan fingerprint density at radius 2 is 1.79 bits per heavy atom. The lowest BCUT2D eigenvalue weighted by Crippen LogP contribution is -2.48. The average Bonchev–Trinajstić information content (AvgIpc) is 2.61. The van der Waals surface area contributed by atoms with Crippen molar-refractivity contribution >= 4 is 12.0 Å². The zero-order valence-electron chi connectivity index (χ0n) is 12.3. The lowest BCUT2D eigenvalue weighted by molar-refractivity contribution is -0.126. The van der Waals surface area contributed by atoms with Crippen LogP contribution in [0, 0.1) is 0 Å². The Kier molecular flexibility index (Phi) is 6.08. The first kappa shape index (κ1) is 15.8. The van der Waals surface area contributed by atoms with Gasteiger partial charge in [-0.25, -0.2) is 4.79 Å². The maximum Gasteiger partial charge on any atom is 0.409 e. The quantitative estimate of drug-likeness (QED) is 0.819. The molecule has 1 aliphatic heterocycles. The summed E-state index contributed by atoms with van der Waals surface area (Å²) in [6, 6.07) is -0.0199. The van der Waals surface area contributed by atoms with Crippen molar-refractivity contribution in [1.29, 1.82) is 0 Å². The molecule has 1 rings (SSSR count). The highest BCUT2D eigenvalue weighted by Crippen LogP contribution is 2.08. The largest absolute Gasteiger partial charge is 0.453 e. The van der Waals surface area contributed by atoms with Crippen LogP contribution >= 0.6 is 0 Å². The molecule has 2 amide bonds. The first-order valence-electron chi connectivity index (χ1n) is 6.83. The maximum absolute atomic E-state index is 12.0. The normalized spacial score (nSPS) is 18.9. The van der Waals surface area contributed by atoms with E-state index in [0.717, 1.165) is 13.0 Å². The number of carbonyl (C=O) groups is 2. The molecule has 1 heterocycles. The van der Waals surface area contributed by atoms with Gasteiger partial charge in [0, 0.05) is 32.2 Å². The van der Waals surface area contributed by atoms with E-state index >= 15 is 0 Å². The lowest BCUT2D eigenvalue weighted by Gasteiger charge is -2.27. The van der Waals surface area contributed by atoms with Gasteiger partial charge >= 0.3 is 6.09 Å². The van der Waals surface area contributed by atoms with E-state index in [0.29, 0.717) is 19.6 Å². The molecular formula is C13H25N3O3. The summed E-state index contributed by atoms with van der Waals surface area (Å²) in [6.07, 6.45) is 0.565. The zero-order valence-corrected chi connectivity index (χ0v) is 12.3. The third-order valence-electron chi connectivity index (χ3n) is 3.32. The summed E-state index contributed by atoms with van der Waals surface area (Å²) in [7, 11) is 1.39. The number of carbonyl (C=O) groups excluding carboxylic acids is 2. The minimum atomic E-state index is -0.291. The molecule has 0 aromatic carbocycles. The van der Waals surface area contributed by atoms with E-state index in [2.05, 4.69) is 10.2 Å². The molecule has 0 radical (unpaired) electrons. The fraction of sp³-hybridized carbons (Fsp3) is 0.846. The van der Waals surface area contributed by atoms with Crippen LogP contribution in [0.1, 0.15) is 27.2 Å². The fourth-order valence-electron chi connectivity index (χ4n) is 2.21. The number of rotatable bonds is 3. The molecule has 0 aromatic heterocycles. The summed E-state index contributed by atoms with van der Waals surface area (Å²) in [5.74, 6) is 0.0431. The molecule has 1 saturated heterocycles.